The molecule has 28 heavy (non-hydrogen) atoms. The van der Waals surface area contributed by atoms with E-state index >= 15 is 0 Å². The zero-order valence-electron chi connectivity index (χ0n) is 16.5. The molecule has 0 amide bonds. The molecule has 0 aliphatic carbocycles. The molecule has 3 nitrogen and oxygen atoms in total. The summed E-state index contributed by atoms with van der Waals surface area (Å²) in [6.45, 7) is 8.74. The Morgan fingerprint density at radius 2 is 1.46 bits per heavy atom. The Labute approximate surface area is 175 Å². The third-order valence-electron chi connectivity index (χ3n) is 4.49. The standard InChI is InChI=1S/C22H27BN2OPS/c1-18(2)26-16-15-24-11-7-20(8-12-24)21-9-13-25(14-10-21)17-19-3-5-22(6-4-19)23-27-28/h3-14,18,27-28H,15-17H2,1-2H3/q+2. The molecule has 1 aromatic carbocycles. The number of ether oxygens (including phenoxy) is 1. The Bertz CT molecular complexity index is 855. The number of hydrogen-bond donors (Lipinski definition) is 1. The number of aromatic nitrogens is 2. The molecule has 0 N–H and O–H groups in total. The fraction of sp³-hybridized carbons (Fsp3) is 0.273. The van der Waals surface area contributed by atoms with Crippen molar-refractivity contribution in [3.8, 4) is 11.1 Å². The predicted octanol–water partition coefficient (Wildman–Crippen LogP) is 3.17. The third-order valence-corrected chi connectivity index (χ3v) is 5.34. The summed E-state index contributed by atoms with van der Waals surface area (Å²) in [6.07, 6.45) is 8.79. The number of rotatable bonds is 9. The zero-order valence-corrected chi connectivity index (χ0v) is 18.3. The second kappa shape index (κ2) is 10.8. The Morgan fingerprint density at radius 3 is 2.00 bits per heavy atom. The van der Waals surface area contributed by atoms with E-state index in [4.69, 9.17) is 4.74 Å². The van der Waals surface area contributed by atoms with Crippen LogP contribution in [-0.4, -0.2) is 19.7 Å². The van der Waals surface area contributed by atoms with Gasteiger partial charge in [0.1, 0.15) is 6.61 Å². The fourth-order valence-electron chi connectivity index (χ4n) is 2.95. The normalized spacial score (nSPS) is 11.4. The van der Waals surface area contributed by atoms with Gasteiger partial charge in [-0.15, -0.1) is 7.66 Å². The van der Waals surface area contributed by atoms with Crippen molar-refractivity contribution in [2.45, 2.75) is 33.0 Å². The summed E-state index contributed by atoms with van der Waals surface area (Å²) >= 11 is 4.27. The van der Waals surface area contributed by atoms with Crippen molar-refractivity contribution in [3.63, 3.8) is 0 Å². The second-order valence-electron chi connectivity index (χ2n) is 7.02. The number of pyridine rings is 2. The van der Waals surface area contributed by atoms with Gasteiger partial charge in [0, 0.05) is 29.8 Å². The van der Waals surface area contributed by atoms with Crippen molar-refractivity contribution < 1.29 is 13.9 Å². The largest absolute Gasteiger partial charge is 0.372 e. The third kappa shape index (κ3) is 6.44. The van der Waals surface area contributed by atoms with Crippen LogP contribution in [-0.2, 0) is 17.8 Å². The van der Waals surface area contributed by atoms with E-state index in [0.29, 0.717) is 7.66 Å². The molecule has 2 aromatic heterocycles. The lowest BCUT2D eigenvalue weighted by Crippen LogP contribution is -2.35. The van der Waals surface area contributed by atoms with Crippen LogP contribution >= 0.6 is 19.9 Å². The van der Waals surface area contributed by atoms with Crippen LogP contribution < -0.4 is 14.6 Å². The van der Waals surface area contributed by atoms with E-state index in [1.807, 2.05) is 0 Å². The van der Waals surface area contributed by atoms with Gasteiger partial charge in [-0.3, -0.25) is 0 Å². The maximum Gasteiger partial charge on any atom is 0.195 e. The van der Waals surface area contributed by atoms with E-state index < -0.39 is 0 Å². The Balaban J connectivity index is 1.59. The van der Waals surface area contributed by atoms with Crippen molar-refractivity contribution in [1.82, 2.24) is 0 Å². The van der Waals surface area contributed by atoms with E-state index in [0.717, 1.165) is 19.7 Å². The summed E-state index contributed by atoms with van der Waals surface area (Å²) < 4.78 is 9.97. The van der Waals surface area contributed by atoms with Gasteiger partial charge in [0.2, 0.25) is 0 Å². The lowest BCUT2D eigenvalue weighted by Gasteiger charge is -2.05. The zero-order chi connectivity index (χ0) is 19.8. The van der Waals surface area contributed by atoms with E-state index in [-0.39, 0.29) is 6.10 Å². The van der Waals surface area contributed by atoms with Gasteiger partial charge in [0.05, 0.1) is 6.10 Å². The molecule has 1 radical (unpaired) electrons. The average Bonchev–Trinajstić information content (AvgIpc) is 2.71. The average molecular weight is 409 g/mol. The highest BCUT2D eigenvalue weighted by Gasteiger charge is 2.07. The van der Waals surface area contributed by atoms with Crippen LogP contribution in [0.2, 0.25) is 0 Å². The van der Waals surface area contributed by atoms with E-state index in [1.54, 1.807) is 0 Å². The van der Waals surface area contributed by atoms with Gasteiger partial charge >= 0.3 is 0 Å². The Kier molecular flexibility index (Phi) is 8.08. The van der Waals surface area contributed by atoms with Crippen molar-refractivity contribution in [3.05, 3.63) is 78.9 Å². The van der Waals surface area contributed by atoms with Crippen LogP contribution in [0.4, 0.5) is 0 Å². The van der Waals surface area contributed by atoms with Gasteiger partial charge in [-0.1, -0.05) is 29.7 Å². The molecule has 1 atom stereocenters. The number of nitrogens with zero attached hydrogens (tertiary/aromatic N) is 2. The van der Waals surface area contributed by atoms with Gasteiger partial charge in [0.15, 0.2) is 44.9 Å². The number of benzene rings is 1. The first-order chi connectivity index (χ1) is 13.6. The smallest absolute Gasteiger partial charge is 0.195 e. The molecule has 0 saturated carbocycles. The number of thiol groups is 1. The lowest BCUT2D eigenvalue weighted by molar-refractivity contribution is -0.698. The molecule has 0 aliphatic rings. The molecular weight excluding hydrogens is 382 g/mol. The highest BCUT2D eigenvalue weighted by molar-refractivity contribution is 8.47. The molecule has 6 heteroatoms. The second-order valence-corrected chi connectivity index (χ2v) is 8.34. The van der Waals surface area contributed by atoms with E-state index in [9.17, 15) is 0 Å². The highest BCUT2D eigenvalue weighted by Crippen LogP contribution is 2.15. The summed E-state index contributed by atoms with van der Waals surface area (Å²) in [5.41, 5.74) is 4.97. The van der Waals surface area contributed by atoms with E-state index in [2.05, 4.69) is 116 Å². The van der Waals surface area contributed by atoms with Crippen LogP contribution in [0, 0.1) is 0 Å². The topological polar surface area (TPSA) is 17.0 Å². The molecule has 0 fully saturated rings. The maximum absolute atomic E-state index is 5.61. The van der Waals surface area contributed by atoms with Crippen LogP contribution in [0.1, 0.15) is 19.4 Å². The molecule has 3 rings (SSSR count). The summed E-state index contributed by atoms with van der Waals surface area (Å²) in [4.78, 5) is 0. The molecular formula is C22H27BN2OPS+2. The van der Waals surface area contributed by atoms with Gasteiger partial charge in [-0.25, -0.2) is 9.13 Å². The SMILES string of the molecule is CC(C)OCC[n+]1ccc(-c2cc[n+](Cc3ccc([B]PS)cc3)cc2)cc1. The van der Waals surface area contributed by atoms with Crippen LogP contribution in [0.3, 0.4) is 0 Å². The van der Waals surface area contributed by atoms with Crippen LogP contribution in [0.15, 0.2) is 73.3 Å². The van der Waals surface area contributed by atoms with Crippen molar-refractivity contribution >= 4 is 32.4 Å². The minimum atomic E-state index is 0.278. The molecule has 0 spiro atoms. The van der Waals surface area contributed by atoms with E-state index in [1.165, 1.54) is 22.2 Å². The predicted molar refractivity (Wildman–Crippen MR) is 122 cm³/mol. The minimum absolute atomic E-state index is 0.278. The molecule has 1 unspecified atom stereocenters. The quantitative estimate of drug-likeness (QED) is 0.249. The summed E-state index contributed by atoms with van der Waals surface area (Å²) in [6, 6.07) is 17.3. The molecule has 0 bridgehead atoms. The van der Waals surface area contributed by atoms with Crippen molar-refractivity contribution in [1.29, 1.82) is 0 Å². The summed E-state index contributed by atoms with van der Waals surface area (Å²) in [7, 11) is 0.544. The highest BCUT2D eigenvalue weighted by atomic mass is 32.7. The van der Waals surface area contributed by atoms with Gasteiger partial charge in [-0.2, -0.15) is 12.2 Å². The monoisotopic (exact) mass is 409 g/mol. The Morgan fingerprint density at radius 1 is 0.893 bits per heavy atom. The first-order valence-electron chi connectivity index (χ1n) is 9.56. The van der Waals surface area contributed by atoms with Crippen molar-refractivity contribution in [2.24, 2.45) is 0 Å². The Hall–Kier alpha value is -1.68. The van der Waals surface area contributed by atoms with Crippen LogP contribution in [0.25, 0.3) is 11.1 Å². The first-order valence-corrected chi connectivity index (χ1v) is 11.9. The molecule has 3 aromatic rings. The van der Waals surface area contributed by atoms with Crippen LogP contribution in [0.5, 0.6) is 0 Å². The van der Waals surface area contributed by atoms with Gasteiger partial charge in [0.25, 0.3) is 0 Å². The molecule has 143 valence electrons. The summed E-state index contributed by atoms with van der Waals surface area (Å²) in [5, 5.41) is 0. The molecule has 0 aliphatic heterocycles. The van der Waals surface area contributed by atoms with Gasteiger partial charge in [-0.05, 0) is 25.0 Å². The van der Waals surface area contributed by atoms with Crippen molar-refractivity contribution in [2.75, 3.05) is 6.61 Å². The lowest BCUT2D eigenvalue weighted by atomic mass is 9.93. The number of hydrogen-bond acceptors (Lipinski definition) is 2. The maximum atomic E-state index is 5.61. The molecule has 0 saturated heterocycles. The van der Waals surface area contributed by atoms with Gasteiger partial charge < -0.3 is 4.74 Å². The minimum Gasteiger partial charge on any atom is -0.372 e. The molecule has 2 heterocycles. The summed E-state index contributed by atoms with van der Waals surface area (Å²) in [5.74, 6) is 0. The first kappa shape index (κ1) is 21.0. The fourth-order valence-corrected chi connectivity index (χ4v) is 3.74.